The quantitative estimate of drug-likeness (QED) is 0.685. The normalized spacial score (nSPS) is 11.9. The van der Waals surface area contributed by atoms with E-state index < -0.39 is 11.9 Å². The Hall–Kier alpha value is -1.78. The lowest BCUT2D eigenvalue weighted by molar-refractivity contribution is -0.121. The molecule has 1 amide bonds. The summed E-state index contributed by atoms with van der Waals surface area (Å²) < 4.78 is 12.8. The zero-order valence-corrected chi connectivity index (χ0v) is 10.1. The van der Waals surface area contributed by atoms with E-state index in [1.807, 2.05) is 6.92 Å². The Balaban J connectivity index is 2.61. The van der Waals surface area contributed by atoms with Crippen LogP contribution in [0.4, 0.5) is 15.8 Å². The Bertz CT molecular complexity index is 395. The van der Waals surface area contributed by atoms with E-state index in [9.17, 15) is 9.18 Å². The Morgan fingerprint density at radius 1 is 1.53 bits per heavy atom. The first kappa shape index (κ1) is 13.3. The minimum absolute atomic E-state index is 0.101. The molecule has 1 aromatic carbocycles. The van der Waals surface area contributed by atoms with Gasteiger partial charge in [-0.25, -0.2) is 4.39 Å². The number of nitrogen functional groups attached to an aromatic ring is 1. The molecule has 0 saturated carbocycles. The second-order valence-corrected chi connectivity index (χ2v) is 3.89. The Morgan fingerprint density at radius 2 is 2.24 bits per heavy atom. The molecule has 1 aromatic rings. The number of rotatable bonds is 5. The molecule has 4 nitrogen and oxygen atoms in total. The summed E-state index contributed by atoms with van der Waals surface area (Å²) in [6.45, 7) is 4.36. The van der Waals surface area contributed by atoms with Crippen LogP contribution in [-0.4, -0.2) is 18.5 Å². The zero-order valence-electron chi connectivity index (χ0n) is 10.1. The number of amides is 1. The monoisotopic (exact) mass is 239 g/mol. The molecule has 0 heterocycles. The van der Waals surface area contributed by atoms with Crippen LogP contribution in [0.15, 0.2) is 18.2 Å². The summed E-state index contributed by atoms with van der Waals surface area (Å²) in [5.41, 5.74) is 6.49. The first-order valence-electron chi connectivity index (χ1n) is 5.64. The third-order valence-corrected chi connectivity index (χ3v) is 2.33. The summed E-state index contributed by atoms with van der Waals surface area (Å²) in [5.74, 6) is -0.494. The molecule has 5 heteroatoms. The van der Waals surface area contributed by atoms with Crippen molar-refractivity contribution in [2.75, 3.05) is 17.6 Å². The molecule has 0 aromatic heterocycles. The number of halogens is 1. The second-order valence-electron chi connectivity index (χ2n) is 3.89. The van der Waals surface area contributed by atoms with E-state index in [2.05, 4.69) is 10.6 Å². The predicted octanol–water partition coefficient (Wildman–Crippen LogP) is 1.73. The average molecular weight is 239 g/mol. The molecular formula is C12H18FN3O. The molecule has 0 radical (unpaired) electrons. The number of carbonyl (C=O) groups excluding carboxylic acids is 1. The minimum Gasteiger partial charge on any atom is -0.397 e. The third-order valence-electron chi connectivity index (χ3n) is 2.33. The summed E-state index contributed by atoms with van der Waals surface area (Å²) in [6.07, 6.45) is 0.886. The van der Waals surface area contributed by atoms with Crippen LogP contribution in [0.3, 0.4) is 0 Å². The maximum absolute atomic E-state index is 12.8. The van der Waals surface area contributed by atoms with Gasteiger partial charge >= 0.3 is 0 Å². The van der Waals surface area contributed by atoms with Gasteiger partial charge in [-0.2, -0.15) is 0 Å². The Labute approximate surface area is 100 Å². The number of anilines is 2. The van der Waals surface area contributed by atoms with Gasteiger partial charge in [-0.05, 0) is 31.5 Å². The van der Waals surface area contributed by atoms with Gasteiger partial charge in [0.2, 0.25) is 5.91 Å². The average Bonchev–Trinajstić information content (AvgIpc) is 2.29. The van der Waals surface area contributed by atoms with E-state index >= 15 is 0 Å². The highest BCUT2D eigenvalue weighted by molar-refractivity contribution is 5.85. The maximum Gasteiger partial charge on any atom is 0.242 e. The molecule has 0 spiro atoms. The van der Waals surface area contributed by atoms with Crippen molar-refractivity contribution in [3.8, 4) is 0 Å². The summed E-state index contributed by atoms with van der Waals surface area (Å²) >= 11 is 0. The van der Waals surface area contributed by atoms with Gasteiger partial charge < -0.3 is 16.4 Å². The van der Waals surface area contributed by atoms with E-state index in [1.54, 1.807) is 6.92 Å². The highest BCUT2D eigenvalue weighted by Crippen LogP contribution is 2.19. The van der Waals surface area contributed by atoms with Crippen molar-refractivity contribution in [3.05, 3.63) is 24.0 Å². The number of nitrogens with one attached hydrogen (secondary N) is 2. The fourth-order valence-electron chi connectivity index (χ4n) is 1.37. The molecule has 0 aliphatic carbocycles. The molecule has 0 bridgehead atoms. The van der Waals surface area contributed by atoms with Gasteiger partial charge in [0.05, 0.1) is 11.4 Å². The van der Waals surface area contributed by atoms with Gasteiger partial charge in [0.25, 0.3) is 0 Å². The van der Waals surface area contributed by atoms with Crippen LogP contribution in [0.1, 0.15) is 20.3 Å². The molecule has 1 rings (SSSR count). The molecule has 1 unspecified atom stereocenters. The number of hydrogen-bond acceptors (Lipinski definition) is 3. The van der Waals surface area contributed by atoms with Crippen molar-refractivity contribution in [1.29, 1.82) is 0 Å². The van der Waals surface area contributed by atoms with Crippen LogP contribution in [0, 0.1) is 5.82 Å². The summed E-state index contributed by atoms with van der Waals surface area (Å²) in [6, 6.07) is 3.64. The number of benzene rings is 1. The van der Waals surface area contributed by atoms with Crippen LogP contribution in [0.5, 0.6) is 0 Å². The number of nitrogens with two attached hydrogens (primary N) is 1. The Kier molecular flexibility index (Phi) is 4.75. The van der Waals surface area contributed by atoms with Gasteiger partial charge in [0.15, 0.2) is 0 Å². The van der Waals surface area contributed by atoms with E-state index in [0.717, 1.165) is 6.42 Å². The van der Waals surface area contributed by atoms with E-state index in [0.29, 0.717) is 17.9 Å². The molecular weight excluding hydrogens is 221 g/mol. The standard InChI is InChI=1S/C12H18FN3O/c1-3-6-15-12(17)8(2)16-11-5-4-9(13)7-10(11)14/h4-5,7-8,16H,3,6,14H2,1-2H3,(H,15,17). The molecule has 94 valence electrons. The summed E-state index contributed by atoms with van der Waals surface area (Å²) in [4.78, 5) is 11.6. The van der Waals surface area contributed by atoms with Crippen molar-refractivity contribution >= 4 is 17.3 Å². The van der Waals surface area contributed by atoms with Crippen molar-refractivity contribution in [1.82, 2.24) is 5.32 Å². The lowest BCUT2D eigenvalue weighted by Gasteiger charge is -2.16. The molecule has 0 fully saturated rings. The molecule has 17 heavy (non-hydrogen) atoms. The molecule has 0 aliphatic heterocycles. The zero-order chi connectivity index (χ0) is 12.8. The van der Waals surface area contributed by atoms with Gasteiger partial charge in [-0.1, -0.05) is 6.92 Å². The highest BCUT2D eigenvalue weighted by atomic mass is 19.1. The number of carbonyl (C=O) groups is 1. The van der Waals surface area contributed by atoms with Crippen molar-refractivity contribution < 1.29 is 9.18 Å². The van der Waals surface area contributed by atoms with E-state index in [1.165, 1.54) is 18.2 Å². The predicted molar refractivity (Wildman–Crippen MR) is 67.2 cm³/mol. The van der Waals surface area contributed by atoms with Gasteiger partial charge in [-0.3, -0.25) is 4.79 Å². The first-order chi connectivity index (χ1) is 8.04. The summed E-state index contributed by atoms with van der Waals surface area (Å²) in [7, 11) is 0. The molecule has 4 N–H and O–H groups in total. The third kappa shape index (κ3) is 3.94. The smallest absolute Gasteiger partial charge is 0.242 e. The highest BCUT2D eigenvalue weighted by Gasteiger charge is 2.12. The van der Waals surface area contributed by atoms with Crippen LogP contribution < -0.4 is 16.4 Å². The summed E-state index contributed by atoms with van der Waals surface area (Å²) in [5, 5.41) is 5.71. The second kappa shape index (κ2) is 6.08. The van der Waals surface area contributed by atoms with Gasteiger partial charge in [0.1, 0.15) is 11.9 Å². The Morgan fingerprint density at radius 3 is 2.82 bits per heavy atom. The van der Waals surface area contributed by atoms with Crippen molar-refractivity contribution in [2.24, 2.45) is 0 Å². The van der Waals surface area contributed by atoms with Gasteiger partial charge in [-0.15, -0.1) is 0 Å². The van der Waals surface area contributed by atoms with E-state index in [-0.39, 0.29) is 5.91 Å². The lowest BCUT2D eigenvalue weighted by Crippen LogP contribution is -2.38. The largest absolute Gasteiger partial charge is 0.397 e. The lowest BCUT2D eigenvalue weighted by atomic mass is 10.2. The van der Waals surface area contributed by atoms with Crippen molar-refractivity contribution in [2.45, 2.75) is 26.3 Å². The fraction of sp³-hybridized carbons (Fsp3) is 0.417. The van der Waals surface area contributed by atoms with Crippen LogP contribution in [0.2, 0.25) is 0 Å². The molecule has 0 aliphatic rings. The van der Waals surface area contributed by atoms with E-state index in [4.69, 9.17) is 5.73 Å². The van der Waals surface area contributed by atoms with Crippen molar-refractivity contribution in [3.63, 3.8) is 0 Å². The fourth-order valence-corrected chi connectivity index (χ4v) is 1.37. The first-order valence-corrected chi connectivity index (χ1v) is 5.64. The molecule has 1 atom stereocenters. The minimum atomic E-state index is -0.408. The SMILES string of the molecule is CCCNC(=O)C(C)Nc1ccc(F)cc1N. The van der Waals surface area contributed by atoms with Crippen LogP contribution in [0.25, 0.3) is 0 Å². The maximum atomic E-state index is 12.8. The topological polar surface area (TPSA) is 67.2 Å². The van der Waals surface area contributed by atoms with Crippen LogP contribution >= 0.6 is 0 Å². The van der Waals surface area contributed by atoms with Gasteiger partial charge in [0, 0.05) is 6.54 Å². The number of hydrogen-bond donors (Lipinski definition) is 3. The molecule has 0 saturated heterocycles. The van der Waals surface area contributed by atoms with Crippen LogP contribution in [-0.2, 0) is 4.79 Å².